The van der Waals surface area contributed by atoms with E-state index in [-0.39, 0.29) is 4.90 Å². The molecule has 1 N–H and O–H groups in total. The van der Waals surface area contributed by atoms with Crippen LogP contribution in [0.15, 0.2) is 47.9 Å². The molecule has 0 saturated carbocycles. The summed E-state index contributed by atoms with van der Waals surface area (Å²) in [6.07, 6.45) is 5.96. The van der Waals surface area contributed by atoms with Crippen LogP contribution in [0.2, 0.25) is 0 Å². The van der Waals surface area contributed by atoms with Gasteiger partial charge in [-0.25, -0.2) is 8.42 Å². The van der Waals surface area contributed by atoms with E-state index in [9.17, 15) is 8.42 Å². The molecule has 100 valence electrons. The van der Waals surface area contributed by atoms with Gasteiger partial charge in [0.25, 0.3) is 10.0 Å². The second-order valence-corrected chi connectivity index (χ2v) is 5.74. The molecular formula is C12H14N4O2S. The molecular weight excluding hydrogens is 264 g/mol. The Labute approximate surface area is 112 Å². The van der Waals surface area contributed by atoms with Crippen molar-refractivity contribution < 1.29 is 8.42 Å². The molecule has 6 nitrogen and oxygen atoms in total. The molecule has 0 unspecified atom stereocenters. The molecule has 19 heavy (non-hydrogen) atoms. The van der Waals surface area contributed by atoms with Crippen molar-refractivity contribution in [2.45, 2.75) is 4.90 Å². The van der Waals surface area contributed by atoms with E-state index in [2.05, 4.69) is 15.3 Å². The van der Waals surface area contributed by atoms with Crippen LogP contribution in [0.25, 0.3) is 0 Å². The van der Waals surface area contributed by atoms with Gasteiger partial charge < -0.3 is 5.32 Å². The molecule has 7 heteroatoms. The zero-order valence-electron chi connectivity index (χ0n) is 10.6. The fourth-order valence-corrected chi connectivity index (χ4v) is 2.97. The van der Waals surface area contributed by atoms with Crippen LogP contribution in [0, 0.1) is 0 Å². The number of hydrogen-bond acceptors (Lipinski definition) is 5. The van der Waals surface area contributed by atoms with Gasteiger partial charge in [-0.15, -0.1) is 0 Å². The Hall–Kier alpha value is -2.15. The molecule has 0 atom stereocenters. The topological polar surface area (TPSA) is 75.2 Å². The molecule has 2 aromatic heterocycles. The van der Waals surface area contributed by atoms with E-state index < -0.39 is 10.0 Å². The second-order valence-electron chi connectivity index (χ2n) is 3.80. The smallest absolute Gasteiger partial charge is 0.267 e. The number of pyridine rings is 2. The van der Waals surface area contributed by atoms with Gasteiger partial charge in [0.2, 0.25) is 0 Å². The van der Waals surface area contributed by atoms with Crippen LogP contribution in [0.4, 0.5) is 11.4 Å². The van der Waals surface area contributed by atoms with E-state index in [1.54, 1.807) is 37.6 Å². The highest BCUT2D eigenvalue weighted by Crippen LogP contribution is 2.25. The van der Waals surface area contributed by atoms with Gasteiger partial charge in [0.15, 0.2) is 0 Å². The molecule has 0 saturated heterocycles. The lowest BCUT2D eigenvalue weighted by Gasteiger charge is -2.20. The number of rotatable bonds is 4. The van der Waals surface area contributed by atoms with Gasteiger partial charge in [0, 0.05) is 38.9 Å². The zero-order valence-corrected chi connectivity index (χ0v) is 11.4. The van der Waals surface area contributed by atoms with Crippen molar-refractivity contribution in [1.82, 2.24) is 9.97 Å². The van der Waals surface area contributed by atoms with Crippen LogP contribution in [0.3, 0.4) is 0 Å². The summed E-state index contributed by atoms with van der Waals surface area (Å²) in [5.41, 5.74) is 1.05. The summed E-state index contributed by atoms with van der Waals surface area (Å²) >= 11 is 0. The van der Waals surface area contributed by atoms with E-state index in [0.29, 0.717) is 11.4 Å². The van der Waals surface area contributed by atoms with Crippen molar-refractivity contribution >= 4 is 21.4 Å². The minimum absolute atomic E-state index is 0.136. The Bertz CT molecular complexity index is 658. The molecule has 0 aliphatic carbocycles. The molecule has 0 bridgehead atoms. The Morgan fingerprint density at radius 3 is 2.37 bits per heavy atom. The summed E-state index contributed by atoms with van der Waals surface area (Å²) in [5, 5.41) is 2.85. The fourth-order valence-electron chi connectivity index (χ4n) is 1.63. The van der Waals surface area contributed by atoms with Gasteiger partial charge in [-0.1, -0.05) is 0 Å². The first-order valence-corrected chi connectivity index (χ1v) is 7.02. The minimum atomic E-state index is -3.65. The lowest BCUT2D eigenvalue weighted by Crippen LogP contribution is -2.27. The highest BCUT2D eigenvalue weighted by atomic mass is 32.2. The molecule has 0 aliphatic rings. The highest BCUT2D eigenvalue weighted by Gasteiger charge is 2.24. The number of hydrogen-bond donors (Lipinski definition) is 1. The predicted octanol–water partition coefficient (Wildman–Crippen LogP) is 1.34. The number of anilines is 2. The first-order chi connectivity index (χ1) is 9.07. The summed E-state index contributed by atoms with van der Waals surface area (Å²) in [4.78, 5) is 7.88. The summed E-state index contributed by atoms with van der Waals surface area (Å²) < 4.78 is 26.3. The predicted molar refractivity (Wildman–Crippen MR) is 73.6 cm³/mol. The van der Waals surface area contributed by atoms with E-state index in [1.165, 1.54) is 23.7 Å². The van der Waals surface area contributed by atoms with E-state index in [1.807, 2.05) is 0 Å². The third kappa shape index (κ3) is 2.50. The number of aromatic nitrogens is 2. The minimum Gasteiger partial charge on any atom is -0.387 e. The number of nitrogens with one attached hydrogen (secondary N) is 1. The average molecular weight is 278 g/mol. The van der Waals surface area contributed by atoms with Crippen LogP contribution in [-0.2, 0) is 10.0 Å². The highest BCUT2D eigenvalue weighted by molar-refractivity contribution is 7.93. The largest absolute Gasteiger partial charge is 0.387 e. The lowest BCUT2D eigenvalue weighted by molar-refractivity contribution is 0.594. The van der Waals surface area contributed by atoms with Gasteiger partial charge in [0.1, 0.15) is 4.90 Å². The Morgan fingerprint density at radius 2 is 1.74 bits per heavy atom. The van der Waals surface area contributed by atoms with Crippen molar-refractivity contribution in [1.29, 1.82) is 0 Å². The maximum Gasteiger partial charge on any atom is 0.267 e. The van der Waals surface area contributed by atoms with Crippen LogP contribution in [0.1, 0.15) is 0 Å². The average Bonchev–Trinajstić information content (AvgIpc) is 2.47. The number of sulfonamides is 1. The van der Waals surface area contributed by atoms with Crippen molar-refractivity contribution in [3.05, 3.63) is 43.0 Å². The first-order valence-electron chi connectivity index (χ1n) is 5.58. The van der Waals surface area contributed by atoms with E-state index in [4.69, 9.17) is 0 Å². The molecule has 0 amide bonds. The first kappa shape index (κ1) is 13.3. The molecule has 2 rings (SSSR count). The van der Waals surface area contributed by atoms with Crippen LogP contribution < -0.4 is 9.62 Å². The third-order valence-corrected chi connectivity index (χ3v) is 4.53. The summed E-state index contributed by atoms with van der Waals surface area (Å²) in [7, 11) is -0.490. The quantitative estimate of drug-likeness (QED) is 0.913. The van der Waals surface area contributed by atoms with Gasteiger partial charge >= 0.3 is 0 Å². The van der Waals surface area contributed by atoms with Crippen LogP contribution >= 0.6 is 0 Å². The monoisotopic (exact) mass is 278 g/mol. The maximum atomic E-state index is 12.5. The van der Waals surface area contributed by atoms with Crippen molar-refractivity contribution in [3.63, 3.8) is 0 Å². The summed E-state index contributed by atoms with van der Waals surface area (Å²) in [5.74, 6) is 0. The van der Waals surface area contributed by atoms with Crippen molar-refractivity contribution in [2.24, 2.45) is 0 Å². The molecule has 0 aliphatic heterocycles. The second kappa shape index (κ2) is 5.23. The normalized spacial score (nSPS) is 11.1. The SMILES string of the molecule is CNc1ccncc1S(=O)(=O)N(C)c1ccncc1. The van der Waals surface area contributed by atoms with Crippen molar-refractivity contribution in [3.8, 4) is 0 Å². The van der Waals surface area contributed by atoms with Gasteiger partial charge in [-0.2, -0.15) is 0 Å². The summed E-state index contributed by atoms with van der Waals surface area (Å²) in [6, 6.07) is 4.88. The third-order valence-electron chi connectivity index (χ3n) is 2.72. The molecule has 0 fully saturated rings. The van der Waals surface area contributed by atoms with E-state index in [0.717, 1.165) is 0 Å². The summed E-state index contributed by atoms with van der Waals surface area (Å²) in [6.45, 7) is 0. The fraction of sp³-hybridized carbons (Fsp3) is 0.167. The van der Waals surface area contributed by atoms with Gasteiger partial charge in [-0.3, -0.25) is 14.3 Å². The molecule has 0 radical (unpaired) electrons. The lowest BCUT2D eigenvalue weighted by atomic mass is 10.4. The van der Waals surface area contributed by atoms with Crippen LogP contribution in [-0.4, -0.2) is 32.5 Å². The Kier molecular flexibility index (Phi) is 3.66. The number of nitrogens with zero attached hydrogens (tertiary/aromatic N) is 3. The molecule has 0 spiro atoms. The standard InChI is InChI=1S/C12H14N4O2S/c1-13-11-5-8-15-9-12(11)19(17,18)16(2)10-3-6-14-7-4-10/h3-9H,1-2H3,(H,13,15). The van der Waals surface area contributed by atoms with Crippen molar-refractivity contribution in [2.75, 3.05) is 23.7 Å². The Balaban J connectivity index is 2.48. The molecule has 2 aromatic rings. The van der Waals surface area contributed by atoms with Gasteiger partial charge in [-0.05, 0) is 18.2 Å². The Morgan fingerprint density at radius 1 is 1.11 bits per heavy atom. The van der Waals surface area contributed by atoms with Crippen LogP contribution in [0.5, 0.6) is 0 Å². The van der Waals surface area contributed by atoms with E-state index >= 15 is 0 Å². The molecule has 0 aromatic carbocycles. The van der Waals surface area contributed by atoms with Gasteiger partial charge in [0.05, 0.1) is 11.4 Å². The maximum absolute atomic E-state index is 12.5. The molecule has 2 heterocycles. The zero-order chi connectivity index (χ0) is 13.9.